The molecule has 2 aromatic rings. The fraction of sp³-hybridized carbons (Fsp3) is 0.400. The van der Waals surface area contributed by atoms with Crippen molar-refractivity contribution in [1.29, 1.82) is 0 Å². The highest BCUT2D eigenvalue weighted by Gasteiger charge is 2.28. The number of aromatic nitrogens is 1. The van der Waals surface area contributed by atoms with Gasteiger partial charge in [0.05, 0.1) is 23.1 Å². The number of benzene rings is 1. The molecule has 3 rings (SSSR count). The molecule has 1 aromatic heterocycles. The number of carbonyl (C=O) groups excluding carboxylic acids is 1. The molecule has 0 spiro atoms. The second kappa shape index (κ2) is 4.61. The summed E-state index contributed by atoms with van der Waals surface area (Å²) in [6.45, 7) is 2.55. The van der Waals surface area contributed by atoms with Gasteiger partial charge in [-0.2, -0.15) is 0 Å². The van der Waals surface area contributed by atoms with E-state index in [1.165, 1.54) is 12.8 Å². The van der Waals surface area contributed by atoms with Gasteiger partial charge in [-0.25, -0.2) is 0 Å². The van der Waals surface area contributed by atoms with Crippen molar-refractivity contribution in [1.82, 2.24) is 9.88 Å². The summed E-state index contributed by atoms with van der Waals surface area (Å²) in [5.41, 5.74) is 1.79. The zero-order valence-corrected chi connectivity index (χ0v) is 11.3. The lowest BCUT2D eigenvalue weighted by atomic mass is 10.1. The van der Waals surface area contributed by atoms with Crippen LogP contribution in [-0.4, -0.2) is 24.1 Å². The van der Waals surface area contributed by atoms with Crippen molar-refractivity contribution in [2.75, 3.05) is 13.7 Å². The van der Waals surface area contributed by atoms with Crippen LogP contribution in [0.25, 0.3) is 10.9 Å². The molecule has 1 heterocycles. The van der Waals surface area contributed by atoms with Crippen LogP contribution in [0.5, 0.6) is 5.75 Å². The van der Waals surface area contributed by atoms with Crippen molar-refractivity contribution >= 4 is 16.8 Å². The van der Waals surface area contributed by atoms with Gasteiger partial charge < -0.3 is 14.6 Å². The molecular formula is C15H18N2O2. The second-order valence-electron chi connectivity index (χ2n) is 4.84. The fourth-order valence-corrected chi connectivity index (χ4v) is 2.52. The van der Waals surface area contributed by atoms with Crippen LogP contribution in [0.4, 0.5) is 0 Å². The minimum absolute atomic E-state index is 0.0587. The maximum absolute atomic E-state index is 12.1. The first-order valence-electron chi connectivity index (χ1n) is 6.74. The smallest absolute Gasteiger partial charge is 0.253 e. The van der Waals surface area contributed by atoms with Crippen LogP contribution < -0.4 is 10.1 Å². The molecule has 1 amide bonds. The number of carbonyl (C=O) groups is 1. The minimum atomic E-state index is -0.0587. The molecule has 1 saturated carbocycles. The van der Waals surface area contributed by atoms with Gasteiger partial charge in [-0.05, 0) is 31.9 Å². The molecule has 0 aliphatic heterocycles. The molecular weight excluding hydrogens is 240 g/mol. The Morgan fingerprint density at radius 3 is 2.89 bits per heavy atom. The highest BCUT2D eigenvalue weighted by Crippen LogP contribution is 2.41. The Morgan fingerprint density at radius 2 is 2.26 bits per heavy atom. The maximum Gasteiger partial charge on any atom is 0.253 e. The number of rotatable bonds is 4. The zero-order valence-electron chi connectivity index (χ0n) is 11.3. The Hall–Kier alpha value is -1.97. The average Bonchev–Trinajstić information content (AvgIpc) is 3.19. The molecule has 0 atom stereocenters. The first-order chi connectivity index (χ1) is 9.26. The van der Waals surface area contributed by atoms with E-state index in [2.05, 4.69) is 16.0 Å². The number of ether oxygens (including phenoxy) is 1. The molecule has 0 radical (unpaired) electrons. The molecule has 0 unspecified atom stereocenters. The Kier molecular flexibility index (Phi) is 2.93. The summed E-state index contributed by atoms with van der Waals surface area (Å²) in [6, 6.07) is 6.51. The summed E-state index contributed by atoms with van der Waals surface area (Å²) < 4.78 is 7.89. The first kappa shape index (κ1) is 12.1. The molecule has 1 aliphatic rings. The lowest BCUT2D eigenvalue weighted by molar-refractivity contribution is 0.0964. The molecule has 0 saturated heterocycles. The maximum atomic E-state index is 12.1. The summed E-state index contributed by atoms with van der Waals surface area (Å²) in [7, 11) is 1.66. The average molecular weight is 258 g/mol. The van der Waals surface area contributed by atoms with Crippen molar-refractivity contribution in [3.63, 3.8) is 0 Å². The van der Waals surface area contributed by atoms with Crippen molar-refractivity contribution < 1.29 is 9.53 Å². The van der Waals surface area contributed by atoms with Crippen molar-refractivity contribution in [3.8, 4) is 5.75 Å². The number of nitrogens with one attached hydrogen (secondary N) is 1. The summed E-state index contributed by atoms with van der Waals surface area (Å²) >= 11 is 0. The first-order valence-corrected chi connectivity index (χ1v) is 6.74. The van der Waals surface area contributed by atoms with Gasteiger partial charge in [0, 0.05) is 19.3 Å². The Balaban J connectivity index is 2.24. The van der Waals surface area contributed by atoms with E-state index in [0.29, 0.717) is 18.2 Å². The van der Waals surface area contributed by atoms with E-state index in [1.54, 1.807) is 7.05 Å². The van der Waals surface area contributed by atoms with E-state index in [4.69, 9.17) is 4.74 Å². The minimum Gasteiger partial charge on any atom is -0.493 e. The molecule has 4 heteroatoms. The topological polar surface area (TPSA) is 43.3 Å². The van der Waals surface area contributed by atoms with Crippen LogP contribution in [0.1, 0.15) is 36.2 Å². The summed E-state index contributed by atoms with van der Waals surface area (Å²) in [4.78, 5) is 12.1. The number of fused-ring (bicyclic) bond motifs is 1. The molecule has 0 bridgehead atoms. The van der Waals surface area contributed by atoms with Gasteiger partial charge >= 0.3 is 0 Å². The van der Waals surface area contributed by atoms with E-state index < -0.39 is 0 Å². The summed E-state index contributed by atoms with van der Waals surface area (Å²) in [5.74, 6) is 0.731. The van der Waals surface area contributed by atoms with Crippen LogP contribution >= 0.6 is 0 Å². The number of amides is 1. The largest absolute Gasteiger partial charge is 0.493 e. The molecule has 1 aliphatic carbocycles. The Labute approximate surface area is 112 Å². The Bertz CT molecular complexity index is 626. The van der Waals surface area contributed by atoms with Gasteiger partial charge in [-0.15, -0.1) is 0 Å². The molecule has 100 valence electrons. The second-order valence-corrected chi connectivity index (χ2v) is 4.84. The van der Waals surface area contributed by atoms with Gasteiger partial charge in [-0.1, -0.05) is 6.07 Å². The lowest BCUT2D eigenvalue weighted by Crippen LogP contribution is -2.17. The normalized spacial score (nSPS) is 14.6. The quantitative estimate of drug-likeness (QED) is 0.916. The van der Waals surface area contributed by atoms with Crippen LogP contribution in [0.15, 0.2) is 24.4 Å². The van der Waals surface area contributed by atoms with E-state index in [-0.39, 0.29) is 5.91 Å². The Morgan fingerprint density at radius 1 is 1.47 bits per heavy atom. The number of hydrogen-bond acceptors (Lipinski definition) is 2. The summed E-state index contributed by atoms with van der Waals surface area (Å²) in [5, 5.41) is 3.63. The third-order valence-corrected chi connectivity index (χ3v) is 3.53. The van der Waals surface area contributed by atoms with Crippen LogP contribution in [-0.2, 0) is 0 Å². The summed E-state index contributed by atoms with van der Waals surface area (Å²) in [6.07, 6.45) is 4.34. The van der Waals surface area contributed by atoms with Crippen molar-refractivity contribution in [2.24, 2.45) is 0 Å². The predicted octanol–water partition coefficient (Wildman–Crippen LogP) is 2.73. The molecule has 4 nitrogen and oxygen atoms in total. The van der Waals surface area contributed by atoms with Crippen molar-refractivity contribution in [3.05, 3.63) is 30.0 Å². The highest BCUT2D eigenvalue weighted by molar-refractivity contribution is 6.09. The third-order valence-electron chi connectivity index (χ3n) is 3.53. The number of hydrogen-bond donors (Lipinski definition) is 1. The van der Waals surface area contributed by atoms with Gasteiger partial charge in [0.2, 0.25) is 0 Å². The number of nitrogens with zero attached hydrogens (tertiary/aromatic N) is 1. The van der Waals surface area contributed by atoms with E-state index in [1.807, 2.05) is 25.3 Å². The van der Waals surface area contributed by atoms with Crippen LogP contribution in [0, 0.1) is 0 Å². The molecule has 19 heavy (non-hydrogen) atoms. The van der Waals surface area contributed by atoms with Gasteiger partial charge in [-0.3, -0.25) is 4.79 Å². The third kappa shape index (κ3) is 1.97. The van der Waals surface area contributed by atoms with Crippen LogP contribution in [0.2, 0.25) is 0 Å². The SMILES string of the molecule is CCOc1cccc2c1c(C(=O)NC)cn2C1CC1. The van der Waals surface area contributed by atoms with Gasteiger partial charge in [0.25, 0.3) is 5.91 Å². The zero-order chi connectivity index (χ0) is 13.4. The highest BCUT2D eigenvalue weighted by atomic mass is 16.5. The van der Waals surface area contributed by atoms with E-state index >= 15 is 0 Å². The fourth-order valence-electron chi connectivity index (χ4n) is 2.52. The van der Waals surface area contributed by atoms with E-state index in [0.717, 1.165) is 16.7 Å². The lowest BCUT2D eigenvalue weighted by Gasteiger charge is -2.07. The van der Waals surface area contributed by atoms with E-state index in [9.17, 15) is 4.79 Å². The monoisotopic (exact) mass is 258 g/mol. The molecule has 1 N–H and O–H groups in total. The van der Waals surface area contributed by atoms with Crippen LogP contribution in [0.3, 0.4) is 0 Å². The van der Waals surface area contributed by atoms with Gasteiger partial charge in [0.15, 0.2) is 0 Å². The standard InChI is InChI=1S/C15H18N2O2/c1-3-19-13-6-4-5-12-14(13)11(15(18)16-2)9-17(12)10-7-8-10/h4-6,9-10H,3,7-8H2,1-2H3,(H,16,18). The predicted molar refractivity (Wildman–Crippen MR) is 74.8 cm³/mol. The molecule has 1 aromatic carbocycles. The van der Waals surface area contributed by atoms with Crippen molar-refractivity contribution in [2.45, 2.75) is 25.8 Å². The van der Waals surface area contributed by atoms with Gasteiger partial charge in [0.1, 0.15) is 5.75 Å². The molecule has 1 fully saturated rings.